The van der Waals surface area contributed by atoms with Crippen molar-refractivity contribution >= 4 is 5.97 Å². The van der Waals surface area contributed by atoms with Crippen LogP contribution in [0.15, 0.2) is 18.5 Å². The van der Waals surface area contributed by atoms with Crippen LogP contribution in [0.4, 0.5) is 0 Å². The summed E-state index contributed by atoms with van der Waals surface area (Å²) in [7, 11) is 0. The fourth-order valence-electron chi connectivity index (χ4n) is 2.03. The summed E-state index contributed by atoms with van der Waals surface area (Å²) in [6.07, 6.45) is 6.07. The third-order valence-corrected chi connectivity index (χ3v) is 2.90. The van der Waals surface area contributed by atoms with Crippen molar-refractivity contribution in [3.63, 3.8) is 0 Å². The molecule has 1 heterocycles. The molecule has 4 heteroatoms. The molecule has 0 saturated heterocycles. The number of rotatable bonds is 8. The van der Waals surface area contributed by atoms with Gasteiger partial charge in [-0.15, -0.1) is 0 Å². The number of ether oxygens (including phenoxy) is 1. The maximum Gasteiger partial charge on any atom is 0.326 e. The SMILES string of the molecule is CCCNC(CC)c1ccn(CC(=O)OC(C)C)c1. The topological polar surface area (TPSA) is 43.3 Å². The lowest BCUT2D eigenvalue weighted by Gasteiger charge is -2.15. The van der Waals surface area contributed by atoms with E-state index in [-0.39, 0.29) is 18.6 Å². The van der Waals surface area contributed by atoms with Crippen molar-refractivity contribution in [2.24, 2.45) is 0 Å². The molecule has 0 spiro atoms. The van der Waals surface area contributed by atoms with Gasteiger partial charge in [-0.1, -0.05) is 13.8 Å². The van der Waals surface area contributed by atoms with E-state index in [2.05, 4.69) is 25.2 Å². The zero-order chi connectivity index (χ0) is 14.3. The summed E-state index contributed by atoms with van der Waals surface area (Å²) in [5.41, 5.74) is 1.23. The van der Waals surface area contributed by atoms with Crippen LogP contribution < -0.4 is 5.32 Å². The Kier molecular flexibility index (Phi) is 6.64. The summed E-state index contributed by atoms with van der Waals surface area (Å²) >= 11 is 0. The number of esters is 1. The first-order valence-corrected chi connectivity index (χ1v) is 7.15. The number of carbonyl (C=O) groups excluding carboxylic acids is 1. The third-order valence-electron chi connectivity index (χ3n) is 2.90. The lowest BCUT2D eigenvalue weighted by Crippen LogP contribution is -2.21. The average molecular weight is 266 g/mol. The van der Waals surface area contributed by atoms with Crippen LogP contribution in [0.5, 0.6) is 0 Å². The summed E-state index contributed by atoms with van der Waals surface area (Å²) in [6, 6.07) is 2.43. The Hall–Kier alpha value is -1.29. The van der Waals surface area contributed by atoms with Gasteiger partial charge in [-0.25, -0.2) is 0 Å². The second kappa shape index (κ2) is 8.00. The van der Waals surface area contributed by atoms with E-state index in [1.165, 1.54) is 5.56 Å². The highest BCUT2D eigenvalue weighted by molar-refractivity contribution is 5.69. The van der Waals surface area contributed by atoms with Crippen LogP contribution in [-0.2, 0) is 16.1 Å². The lowest BCUT2D eigenvalue weighted by atomic mass is 10.1. The molecule has 0 amide bonds. The van der Waals surface area contributed by atoms with Gasteiger partial charge in [-0.2, -0.15) is 0 Å². The maximum absolute atomic E-state index is 11.6. The second-order valence-corrected chi connectivity index (χ2v) is 5.07. The van der Waals surface area contributed by atoms with Gasteiger partial charge in [0.1, 0.15) is 6.54 Å². The normalized spacial score (nSPS) is 12.7. The molecule has 108 valence electrons. The van der Waals surface area contributed by atoms with Gasteiger partial charge in [0, 0.05) is 18.4 Å². The minimum Gasteiger partial charge on any atom is -0.462 e. The molecular formula is C15H26N2O2. The Labute approximate surface area is 116 Å². The summed E-state index contributed by atoms with van der Waals surface area (Å²) in [5, 5.41) is 3.50. The molecule has 0 aliphatic carbocycles. The van der Waals surface area contributed by atoms with Gasteiger partial charge in [0.2, 0.25) is 0 Å². The Balaban J connectivity index is 2.57. The zero-order valence-electron chi connectivity index (χ0n) is 12.5. The molecule has 1 aromatic rings. The van der Waals surface area contributed by atoms with Gasteiger partial charge in [-0.3, -0.25) is 4.79 Å². The predicted octanol–water partition coefficient (Wildman–Crippen LogP) is 2.89. The zero-order valence-corrected chi connectivity index (χ0v) is 12.5. The maximum atomic E-state index is 11.6. The first kappa shape index (κ1) is 15.8. The standard InChI is InChI=1S/C15H26N2O2/c1-5-8-16-14(6-2)13-7-9-17(10-13)11-15(18)19-12(3)4/h7,9-10,12,14,16H,5-6,8,11H2,1-4H3. The number of hydrogen-bond donors (Lipinski definition) is 1. The van der Waals surface area contributed by atoms with Crippen LogP contribution in [0.3, 0.4) is 0 Å². The summed E-state index contributed by atoms with van der Waals surface area (Å²) in [4.78, 5) is 11.6. The Morgan fingerprint density at radius 3 is 2.74 bits per heavy atom. The number of nitrogens with one attached hydrogen (secondary N) is 1. The van der Waals surface area contributed by atoms with Gasteiger partial charge in [0.25, 0.3) is 0 Å². The van der Waals surface area contributed by atoms with E-state index in [0.29, 0.717) is 6.04 Å². The molecule has 1 aromatic heterocycles. The molecule has 0 bridgehead atoms. The third kappa shape index (κ3) is 5.47. The first-order chi connectivity index (χ1) is 9.06. The van der Waals surface area contributed by atoms with Crippen molar-refractivity contribution in [2.45, 2.75) is 59.2 Å². The van der Waals surface area contributed by atoms with E-state index in [1.54, 1.807) is 0 Å². The molecule has 1 N–H and O–H groups in total. The van der Waals surface area contributed by atoms with E-state index < -0.39 is 0 Å². The molecule has 19 heavy (non-hydrogen) atoms. The van der Waals surface area contributed by atoms with Crippen molar-refractivity contribution in [3.05, 3.63) is 24.0 Å². The second-order valence-electron chi connectivity index (χ2n) is 5.07. The number of aromatic nitrogens is 1. The quantitative estimate of drug-likeness (QED) is 0.736. The van der Waals surface area contributed by atoms with Crippen molar-refractivity contribution in [2.75, 3.05) is 6.54 Å². The highest BCUT2D eigenvalue weighted by atomic mass is 16.5. The van der Waals surface area contributed by atoms with E-state index in [4.69, 9.17) is 4.74 Å². The Bertz CT molecular complexity index is 385. The van der Waals surface area contributed by atoms with Gasteiger partial charge in [0.05, 0.1) is 6.10 Å². The van der Waals surface area contributed by atoms with Crippen LogP contribution in [0.1, 0.15) is 52.1 Å². The molecule has 0 saturated carbocycles. The van der Waals surface area contributed by atoms with Crippen LogP contribution in [-0.4, -0.2) is 23.2 Å². The number of nitrogens with zero attached hydrogens (tertiary/aromatic N) is 1. The highest BCUT2D eigenvalue weighted by Gasteiger charge is 2.11. The van der Waals surface area contributed by atoms with Crippen LogP contribution in [0.25, 0.3) is 0 Å². The van der Waals surface area contributed by atoms with Crippen molar-refractivity contribution in [1.29, 1.82) is 0 Å². The molecule has 0 aromatic carbocycles. The minimum absolute atomic E-state index is 0.0582. The summed E-state index contributed by atoms with van der Waals surface area (Å²) < 4.78 is 7.02. The Morgan fingerprint density at radius 1 is 1.42 bits per heavy atom. The van der Waals surface area contributed by atoms with E-state index in [9.17, 15) is 4.79 Å². The molecule has 0 aliphatic rings. The van der Waals surface area contributed by atoms with Crippen LogP contribution >= 0.6 is 0 Å². The summed E-state index contributed by atoms with van der Waals surface area (Å²) in [5.74, 6) is -0.188. The highest BCUT2D eigenvalue weighted by Crippen LogP contribution is 2.17. The summed E-state index contributed by atoms with van der Waals surface area (Å²) in [6.45, 7) is 9.34. The monoisotopic (exact) mass is 266 g/mol. The number of carbonyl (C=O) groups is 1. The average Bonchev–Trinajstić information content (AvgIpc) is 2.77. The minimum atomic E-state index is -0.188. The predicted molar refractivity (Wildman–Crippen MR) is 77.0 cm³/mol. The van der Waals surface area contributed by atoms with E-state index in [1.807, 2.05) is 30.8 Å². The molecule has 0 aliphatic heterocycles. The van der Waals surface area contributed by atoms with Gasteiger partial charge >= 0.3 is 5.97 Å². The molecule has 0 fully saturated rings. The van der Waals surface area contributed by atoms with E-state index >= 15 is 0 Å². The van der Waals surface area contributed by atoms with E-state index in [0.717, 1.165) is 19.4 Å². The smallest absolute Gasteiger partial charge is 0.326 e. The fourth-order valence-corrected chi connectivity index (χ4v) is 2.03. The molecule has 0 radical (unpaired) electrons. The van der Waals surface area contributed by atoms with Crippen molar-refractivity contribution < 1.29 is 9.53 Å². The van der Waals surface area contributed by atoms with Crippen molar-refractivity contribution in [3.8, 4) is 0 Å². The van der Waals surface area contributed by atoms with Gasteiger partial charge < -0.3 is 14.6 Å². The largest absolute Gasteiger partial charge is 0.462 e. The van der Waals surface area contributed by atoms with Gasteiger partial charge in [0.15, 0.2) is 0 Å². The molecule has 1 atom stereocenters. The lowest BCUT2D eigenvalue weighted by molar-refractivity contribution is -0.148. The number of hydrogen-bond acceptors (Lipinski definition) is 3. The van der Waals surface area contributed by atoms with Crippen molar-refractivity contribution in [1.82, 2.24) is 9.88 Å². The van der Waals surface area contributed by atoms with Crippen LogP contribution in [0.2, 0.25) is 0 Å². The molecular weight excluding hydrogens is 240 g/mol. The molecule has 1 unspecified atom stereocenters. The molecule has 4 nitrogen and oxygen atoms in total. The van der Waals surface area contributed by atoms with Gasteiger partial charge in [-0.05, 0) is 44.9 Å². The first-order valence-electron chi connectivity index (χ1n) is 7.15. The molecule has 1 rings (SSSR count). The van der Waals surface area contributed by atoms with Crippen LogP contribution in [0, 0.1) is 0 Å². The fraction of sp³-hybridized carbons (Fsp3) is 0.667. The Morgan fingerprint density at radius 2 is 2.16 bits per heavy atom.